The summed E-state index contributed by atoms with van der Waals surface area (Å²) < 4.78 is 5.45. The highest BCUT2D eigenvalue weighted by molar-refractivity contribution is 5.75. The van der Waals surface area contributed by atoms with Gasteiger partial charge in [0, 0.05) is 6.42 Å². The standard InChI is InChI=1S/C16H25N3O/c1-12(7-8-19-16(17)18)5-4-6-13(2)9-15-10-14(3)11-20-15/h6-7,10-11H,4-5,8-9H2,1-3H3,(H4,17,18,19)/b12-7+,13-6+. The lowest BCUT2D eigenvalue weighted by atomic mass is 10.1. The van der Waals surface area contributed by atoms with Crippen LogP contribution in [0.1, 0.15) is 38.0 Å². The lowest BCUT2D eigenvalue weighted by molar-refractivity contribution is 0.518. The second-order valence-corrected chi connectivity index (χ2v) is 5.17. The molecule has 4 heteroatoms. The first-order chi connectivity index (χ1) is 9.47. The van der Waals surface area contributed by atoms with Crippen molar-refractivity contribution in [1.29, 1.82) is 0 Å². The number of allylic oxidation sites excluding steroid dienone is 3. The van der Waals surface area contributed by atoms with Crippen LogP contribution in [0.5, 0.6) is 0 Å². The van der Waals surface area contributed by atoms with Crippen molar-refractivity contribution in [3.8, 4) is 0 Å². The van der Waals surface area contributed by atoms with Crippen LogP contribution in [0.25, 0.3) is 0 Å². The minimum atomic E-state index is 0.138. The maximum absolute atomic E-state index is 5.45. The largest absolute Gasteiger partial charge is 0.469 e. The van der Waals surface area contributed by atoms with E-state index in [4.69, 9.17) is 15.9 Å². The predicted octanol–water partition coefficient (Wildman–Crippen LogP) is 3.08. The number of rotatable bonds is 7. The Hall–Kier alpha value is -1.97. The van der Waals surface area contributed by atoms with Crippen LogP contribution in [-0.4, -0.2) is 12.5 Å². The van der Waals surface area contributed by atoms with Crippen molar-refractivity contribution in [1.82, 2.24) is 0 Å². The van der Waals surface area contributed by atoms with Crippen molar-refractivity contribution >= 4 is 5.96 Å². The second-order valence-electron chi connectivity index (χ2n) is 5.17. The molecule has 0 aliphatic heterocycles. The maximum atomic E-state index is 5.45. The molecule has 20 heavy (non-hydrogen) atoms. The van der Waals surface area contributed by atoms with Crippen LogP contribution in [0, 0.1) is 6.92 Å². The molecule has 0 spiro atoms. The molecule has 4 N–H and O–H groups in total. The molecule has 0 amide bonds. The third-order valence-electron chi connectivity index (χ3n) is 2.98. The van der Waals surface area contributed by atoms with Crippen LogP contribution in [-0.2, 0) is 6.42 Å². The van der Waals surface area contributed by atoms with Gasteiger partial charge in [-0.3, -0.25) is 0 Å². The van der Waals surface area contributed by atoms with Gasteiger partial charge in [-0.25, -0.2) is 4.99 Å². The highest BCUT2D eigenvalue weighted by Crippen LogP contribution is 2.13. The first kappa shape index (κ1) is 16.1. The van der Waals surface area contributed by atoms with Crippen LogP contribution in [0.15, 0.2) is 45.0 Å². The Balaban J connectivity index is 2.34. The van der Waals surface area contributed by atoms with Crippen molar-refractivity contribution in [2.75, 3.05) is 6.54 Å². The average molecular weight is 275 g/mol. The molecule has 1 aromatic heterocycles. The fraction of sp³-hybridized carbons (Fsp3) is 0.438. The molecule has 110 valence electrons. The summed E-state index contributed by atoms with van der Waals surface area (Å²) in [6.07, 6.45) is 9.03. The minimum absolute atomic E-state index is 0.138. The number of hydrogen-bond acceptors (Lipinski definition) is 2. The number of furan rings is 1. The number of guanidine groups is 1. The Kier molecular flexibility index (Phi) is 6.64. The van der Waals surface area contributed by atoms with Gasteiger partial charge < -0.3 is 15.9 Å². The van der Waals surface area contributed by atoms with Gasteiger partial charge in [-0.2, -0.15) is 0 Å². The molecule has 1 aromatic rings. The smallest absolute Gasteiger partial charge is 0.186 e. The summed E-state index contributed by atoms with van der Waals surface area (Å²) in [6, 6.07) is 2.08. The predicted molar refractivity (Wildman–Crippen MR) is 84.6 cm³/mol. The van der Waals surface area contributed by atoms with Gasteiger partial charge >= 0.3 is 0 Å². The van der Waals surface area contributed by atoms with E-state index in [1.807, 2.05) is 6.92 Å². The molecule has 0 fully saturated rings. The molecule has 0 saturated carbocycles. The third kappa shape index (κ3) is 6.83. The highest BCUT2D eigenvalue weighted by atomic mass is 16.3. The molecular formula is C16H25N3O. The van der Waals surface area contributed by atoms with Crippen molar-refractivity contribution in [2.24, 2.45) is 16.5 Å². The minimum Gasteiger partial charge on any atom is -0.469 e. The highest BCUT2D eigenvalue weighted by Gasteiger charge is 1.99. The van der Waals surface area contributed by atoms with Crippen LogP contribution < -0.4 is 11.5 Å². The summed E-state index contributed by atoms with van der Waals surface area (Å²) in [4.78, 5) is 3.93. The molecule has 1 rings (SSSR count). The van der Waals surface area contributed by atoms with Gasteiger partial charge in [0.15, 0.2) is 5.96 Å². The molecular weight excluding hydrogens is 250 g/mol. The van der Waals surface area contributed by atoms with Crippen molar-refractivity contribution in [2.45, 2.75) is 40.0 Å². The van der Waals surface area contributed by atoms with Crippen molar-refractivity contribution in [3.05, 3.63) is 47.0 Å². The lowest BCUT2D eigenvalue weighted by Gasteiger charge is -2.00. The van der Waals surface area contributed by atoms with E-state index in [9.17, 15) is 0 Å². The number of hydrogen-bond donors (Lipinski definition) is 2. The average Bonchev–Trinajstić information content (AvgIpc) is 2.74. The van der Waals surface area contributed by atoms with Gasteiger partial charge in [0.2, 0.25) is 0 Å². The van der Waals surface area contributed by atoms with Gasteiger partial charge in [0.05, 0.1) is 12.8 Å². The third-order valence-corrected chi connectivity index (χ3v) is 2.98. The van der Waals surface area contributed by atoms with Gasteiger partial charge in [0.25, 0.3) is 0 Å². The zero-order chi connectivity index (χ0) is 15.0. The zero-order valence-electron chi connectivity index (χ0n) is 12.6. The van der Waals surface area contributed by atoms with E-state index in [1.54, 1.807) is 6.26 Å². The Morgan fingerprint density at radius 2 is 2.00 bits per heavy atom. The van der Waals surface area contributed by atoms with E-state index in [0.717, 1.165) is 25.0 Å². The van der Waals surface area contributed by atoms with Crippen LogP contribution in [0.4, 0.5) is 0 Å². The number of aliphatic imine (C=N–C) groups is 1. The normalized spacial score (nSPS) is 12.6. The van der Waals surface area contributed by atoms with E-state index in [2.05, 4.69) is 37.1 Å². The number of nitrogens with zero attached hydrogens (tertiary/aromatic N) is 1. The van der Waals surface area contributed by atoms with E-state index in [0.29, 0.717) is 6.54 Å². The maximum Gasteiger partial charge on any atom is 0.186 e. The molecule has 1 heterocycles. The Morgan fingerprint density at radius 3 is 2.60 bits per heavy atom. The fourth-order valence-electron chi connectivity index (χ4n) is 1.89. The Bertz CT molecular complexity index is 506. The first-order valence-corrected chi connectivity index (χ1v) is 6.88. The topological polar surface area (TPSA) is 77.5 Å². The molecule has 0 unspecified atom stereocenters. The van der Waals surface area contributed by atoms with E-state index >= 15 is 0 Å². The first-order valence-electron chi connectivity index (χ1n) is 6.88. The summed E-state index contributed by atoms with van der Waals surface area (Å²) >= 11 is 0. The molecule has 0 bridgehead atoms. The molecule has 0 aromatic carbocycles. The van der Waals surface area contributed by atoms with E-state index in [1.165, 1.54) is 16.7 Å². The molecule has 4 nitrogen and oxygen atoms in total. The molecule has 0 atom stereocenters. The summed E-state index contributed by atoms with van der Waals surface area (Å²) in [5.74, 6) is 1.16. The molecule has 0 radical (unpaired) electrons. The summed E-state index contributed by atoms with van der Waals surface area (Å²) in [7, 11) is 0. The Labute approximate surface area is 121 Å². The molecule has 0 aliphatic carbocycles. The molecule has 0 saturated heterocycles. The van der Waals surface area contributed by atoms with Crippen LogP contribution >= 0.6 is 0 Å². The van der Waals surface area contributed by atoms with Crippen LogP contribution in [0.3, 0.4) is 0 Å². The summed E-state index contributed by atoms with van der Waals surface area (Å²) in [5.41, 5.74) is 14.3. The Morgan fingerprint density at radius 1 is 1.25 bits per heavy atom. The number of nitrogens with two attached hydrogens (primary N) is 2. The van der Waals surface area contributed by atoms with Gasteiger partial charge in [-0.05, 0) is 45.2 Å². The van der Waals surface area contributed by atoms with Gasteiger partial charge in [0.1, 0.15) is 5.76 Å². The summed E-state index contributed by atoms with van der Waals surface area (Å²) in [5, 5.41) is 0. The number of aryl methyl sites for hydroxylation is 1. The fourth-order valence-corrected chi connectivity index (χ4v) is 1.89. The summed E-state index contributed by atoms with van der Waals surface area (Å²) in [6.45, 7) is 6.83. The van der Waals surface area contributed by atoms with Crippen molar-refractivity contribution < 1.29 is 4.42 Å². The van der Waals surface area contributed by atoms with Crippen LogP contribution in [0.2, 0.25) is 0 Å². The zero-order valence-corrected chi connectivity index (χ0v) is 12.6. The van der Waals surface area contributed by atoms with Gasteiger partial charge in [-0.15, -0.1) is 0 Å². The van der Waals surface area contributed by atoms with E-state index < -0.39 is 0 Å². The van der Waals surface area contributed by atoms with Gasteiger partial charge in [-0.1, -0.05) is 23.3 Å². The monoisotopic (exact) mass is 275 g/mol. The van der Waals surface area contributed by atoms with Crippen molar-refractivity contribution in [3.63, 3.8) is 0 Å². The quantitative estimate of drug-likeness (QED) is 0.456. The lowest BCUT2D eigenvalue weighted by Crippen LogP contribution is -2.22. The second kappa shape index (κ2) is 8.25. The van der Waals surface area contributed by atoms with E-state index in [-0.39, 0.29) is 5.96 Å². The SMILES string of the molecule is C/C(=C\CN=C(N)N)CC/C=C(\C)Cc1cc(C)co1. The molecule has 0 aliphatic rings.